The molecule has 0 bridgehead atoms. The van der Waals surface area contributed by atoms with Crippen LogP contribution in [0.4, 0.5) is 11.4 Å². The standard InChI is InChI=1S/C68H102N10O12/c1-19-75(20-2)53-37-69-77(41-53)39-51-27-23-49(24-28-51)35-59-63(81)73(17)55(31-43(5)6)65(83)87-48(14)62(80)72(16)58(34-46(11)12)68(86)90-60(36-50-25-29-52(30-26-50)40-78-42-54(38-70-78)76(21-3)22-4)64(82)74(18)56(32-44(7)8)66(84)88-47(13)61(79)71(15)57(33-45(9)10)67(85)89-59/h23-30,37-38,41-48,55-60H,19-22,31-36,39-40H2,1-18H3/t47-,48-,55+,56+,57+,58+,59-,60-/m1/s1. The first-order valence-electron chi connectivity index (χ1n) is 32.1. The molecule has 3 heterocycles. The highest BCUT2D eigenvalue weighted by Gasteiger charge is 2.43. The van der Waals surface area contributed by atoms with Gasteiger partial charge in [0.15, 0.2) is 24.4 Å². The molecular weight excluding hydrogens is 1150 g/mol. The monoisotopic (exact) mass is 1250 g/mol. The predicted octanol–water partition coefficient (Wildman–Crippen LogP) is 7.85. The fourth-order valence-corrected chi connectivity index (χ4v) is 11.2. The molecule has 2 aromatic carbocycles. The van der Waals surface area contributed by atoms with Crippen LogP contribution in [0.1, 0.15) is 145 Å². The molecule has 8 atom stereocenters. The summed E-state index contributed by atoms with van der Waals surface area (Å²) in [4.78, 5) is 127. The zero-order valence-electron chi connectivity index (χ0n) is 56.7. The van der Waals surface area contributed by atoms with Crippen LogP contribution in [-0.4, -0.2) is 190 Å². The van der Waals surface area contributed by atoms with Gasteiger partial charge >= 0.3 is 23.9 Å². The van der Waals surface area contributed by atoms with E-state index in [9.17, 15) is 28.8 Å². The van der Waals surface area contributed by atoms with Crippen molar-refractivity contribution in [2.24, 2.45) is 23.7 Å². The van der Waals surface area contributed by atoms with Crippen LogP contribution in [0.25, 0.3) is 0 Å². The fourth-order valence-electron chi connectivity index (χ4n) is 11.2. The summed E-state index contributed by atoms with van der Waals surface area (Å²) in [5.74, 6) is -7.45. The van der Waals surface area contributed by atoms with Crippen molar-refractivity contribution in [3.8, 4) is 0 Å². The molecule has 0 spiro atoms. The van der Waals surface area contributed by atoms with E-state index < -0.39 is 96.1 Å². The van der Waals surface area contributed by atoms with Gasteiger partial charge in [0.1, 0.15) is 24.2 Å². The number of amides is 4. The molecule has 0 unspecified atom stereocenters. The Morgan fingerprint density at radius 3 is 0.922 bits per heavy atom. The van der Waals surface area contributed by atoms with Crippen molar-refractivity contribution < 1.29 is 57.3 Å². The maximum atomic E-state index is 15.1. The zero-order valence-corrected chi connectivity index (χ0v) is 56.7. The molecule has 1 aliphatic rings. The van der Waals surface area contributed by atoms with Crippen LogP contribution in [0.5, 0.6) is 0 Å². The molecule has 0 radical (unpaired) electrons. The number of aromatic nitrogens is 4. The van der Waals surface area contributed by atoms with Crippen LogP contribution in [0, 0.1) is 23.7 Å². The van der Waals surface area contributed by atoms with Crippen molar-refractivity contribution in [1.29, 1.82) is 0 Å². The normalized spacial score (nSPS) is 21.9. The van der Waals surface area contributed by atoms with E-state index in [4.69, 9.17) is 18.9 Å². The molecule has 4 aromatic rings. The van der Waals surface area contributed by atoms with Crippen molar-refractivity contribution in [1.82, 2.24) is 39.2 Å². The summed E-state index contributed by atoms with van der Waals surface area (Å²) in [5.41, 5.74) is 5.06. The van der Waals surface area contributed by atoms with E-state index in [0.29, 0.717) is 24.2 Å². The Morgan fingerprint density at radius 2 is 0.656 bits per heavy atom. The Labute approximate surface area is 533 Å². The summed E-state index contributed by atoms with van der Waals surface area (Å²) in [6.45, 7) is 30.2. The number of carbonyl (C=O) groups is 8. The van der Waals surface area contributed by atoms with Crippen molar-refractivity contribution in [2.45, 2.75) is 197 Å². The Kier molecular flexibility index (Phi) is 27.5. The molecule has 1 saturated heterocycles. The van der Waals surface area contributed by atoms with E-state index in [-0.39, 0.29) is 62.2 Å². The van der Waals surface area contributed by atoms with Gasteiger partial charge in [-0.25, -0.2) is 19.2 Å². The van der Waals surface area contributed by atoms with E-state index >= 15 is 9.59 Å². The average molecular weight is 1250 g/mol. The summed E-state index contributed by atoms with van der Waals surface area (Å²) < 4.78 is 28.1. The number of cyclic esters (lactones) is 4. The molecule has 5 rings (SSSR count). The summed E-state index contributed by atoms with van der Waals surface area (Å²) in [6, 6.07) is 9.69. The first-order chi connectivity index (χ1) is 42.5. The molecular formula is C68H102N10O12. The van der Waals surface area contributed by atoms with E-state index in [1.807, 2.05) is 138 Å². The smallest absolute Gasteiger partial charge is 0.329 e. The van der Waals surface area contributed by atoms with Gasteiger partial charge in [-0.1, -0.05) is 104 Å². The minimum atomic E-state index is -1.54. The van der Waals surface area contributed by atoms with Crippen LogP contribution < -0.4 is 9.80 Å². The third kappa shape index (κ3) is 20.1. The fraction of sp³-hybridized carbons (Fsp3) is 0.618. The highest BCUT2D eigenvalue weighted by atomic mass is 16.6. The van der Waals surface area contributed by atoms with E-state index in [1.165, 1.54) is 51.8 Å². The molecule has 0 aliphatic carbocycles. The third-order valence-electron chi connectivity index (χ3n) is 16.6. The Hall–Kier alpha value is -7.78. The molecule has 0 saturated carbocycles. The second-order valence-electron chi connectivity index (χ2n) is 25.6. The van der Waals surface area contributed by atoms with Crippen LogP contribution in [-0.2, 0) is 83.2 Å². The van der Waals surface area contributed by atoms with Crippen LogP contribution in [0.3, 0.4) is 0 Å². The lowest BCUT2D eigenvalue weighted by Gasteiger charge is -2.35. The second-order valence-corrected chi connectivity index (χ2v) is 25.6. The largest absolute Gasteiger partial charge is 0.451 e. The van der Waals surface area contributed by atoms with Gasteiger partial charge in [-0.05, 0) is 113 Å². The third-order valence-corrected chi connectivity index (χ3v) is 16.6. The van der Waals surface area contributed by atoms with Crippen LogP contribution in [0.2, 0.25) is 0 Å². The van der Waals surface area contributed by atoms with Crippen LogP contribution in [0.15, 0.2) is 73.3 Å². The van der Waals surface area contributed by atoms with Crippen molar-refractivity contribution in [2.75, 3.05) is 64.2 Å². The predicted molar refractivity (Wildman–Crippen MR) is 345 cm³/mol. The van der Waals surface area contributed by atoms with Gasteiger partial charge in [0.05, 0.1) is 36.9 Å². The lowest BCUT2D eigenvalue weighted by Crippen LogP contribution is -2.55. The number of likely N-dealkylation sites (N-methyl/N-ethyl adjacent to an activating group) is 4. The molecule has 496 valence electrons. The second kappa shape index (κ2) is 33.9. The SMILES string of the molecule is CCN(CC)c1cnn(Cc2ccc(C[C@H]3OC(=O)[C@H](CC(C)C)N(C)C(=O)[C@@H](C)OC(=O)[C@H](CC(C)C)N(C)C(=O)[C@@H](Cc4ccc(Cn5cc(N(CC)CC)cn5)cc4)OC(=O)[C@H](CC(C)C)N(C)C(=O)[C@@H](C)OC(=O)[C@H](CC(C)C)N(C)C3=O)cc2)c1. The first-order valence-corrected chi connectivity index (χ1v) is 32.1. The number of rotatable bonds is 22. The van der Waals surface area contributed by atoms with Gasteiger partial charge in [-0.2, -0.15) is 10.2 Å². The highest BCUT2D eigenvalue weighted by molar-refractivity contribution is 5.94. The van der Waals surface area contributed by atoms with Gasteiger partial charge in [-0.15, -0.1) is 0 Å². The molecule has 22 nitrogen and oxygen atoms in total. The molecule has 4 amide bonds. The van der Waals surface area contributed by atoms with Crippen molar-refractivity contribution in [3.63, 3.8) is 0 Å². The van der Waals surface area contributed by atoms with E-state index in [2.05, 4.69) is 47.7 Å². The summed E-state index contributed by atoms with van der Waals surface area (Å²) in [7, 11) is 5.61. The quantitative estimate of drug-likeness (QED) is 0.0539. The minimum Gasteiger partial charge on any atom is -0.451 e. The summed E-state index contributed by atoms with van der Waals surface area (Å²) in [5, 5.41) is 9.12. The van der Waals surface area contributed by atoms with Crippen LogP contribution >= 0.6 is 0 Å². The van der Waals surface area contributed by atoms with E-state index in [1.54, 1.807) is 0 Å². The van der Waals surface area contributed by atoms with Gasteiger partial charge in [0.25, 0.3) is 23.6 Å². The summed E-state index contributed by atoms with van der Waals surface area (Å²) in [6.07, 6.45) is 1.57. The highest BCUT2D eigenvalue weighted by Crippen LogP contribution is 2.26. The molecule has 1 fully saturated rings. The lowest BCUT2D eigenvalue weighted by atomic mass is 9.99. The Bertz CT molecular complexity index is 2790. The van der Waals surface area contributed by atoms with Gasteiger partial charge in [-0.3, -0.25) is 28.5 Å². The molecule has 1 aliphatic heterocycles. The number of ether oxygens (including phenoxy) is 4. The number of nitrogens with zero attached hydrogens (tertiary/aromatic N) is 10. The lowest BCUT2D eigenvalue weighted by molar-refractivity contribution is -0.176. The zero-order chi connectivity index (χ0) is 66.8. The van der Waals surface area contributed by atoms with Gasteiger partial charge < -0.3 is 48.3 Å². The van der Waals surface area contributed by atoms with Crippen molar-refractivity contribution >= 4 is 58.9 Å². The molecule has 2 aromatic heterocycles. The number of benzene rings is 2. The number of carbonyl (C=O) groups excluding carboxylic acids is 8. The number of hydrogen-bond donors (Lipinski definition) is 0. The van der Waals surface area contributed by atoms with Gasteiger partial charge in [0, 0.05) is 79.6 Å². The molecule has 22 heteroatoms. The maximum Gasteiger partial charge on any atom is 0.329 e. The molecule has 90 heavy (non-hydrogen) atoms. The maximum absolute atomic E-state index is 15.1. The van der Waals surface area contributed by atoms with Crippen molar-refractivity contribution in [3.05, 3.63) is 95.6 Å². The number of hydrogen-bond acceptors (Lipinski definition) is 16. The number of esters is 4. The first kappa shape index (κ1) is 73.0. The Morgan fingerprint density at radius 1 is 0.400 bits per heavy atom. The average Bonchev–Trinajstić information content (AvgIpc) is 2.21. The summed E-state index contributed by atoms with van der Waals surface area (Å²) >= 11 is 0. The van der Waals surface area contributed by atoms with E-state index in [0.717, 1.165) is 58.5 Å². The number of anilines is 2. The van der Waals surface area contributed by atoms with Gasteiger partial charge in [0.2, 0.25) is 0 Å². The topological polar surface area (TPSA) is 229 Å². The molecule has 0 N–H and O–H groups in total. The minimum absolute atomic E-state index is 0.0788. The Balaban J connectivity index is 1.57.